The summed E-state index contributed by atoms with van der Waals surface area (Å²) in [6.45, 7) is 1.95. The second-order valence-corrected chi connectivity index (χ2v) is 4.41. The summed E-state index contributed by atoms with van der Waals surface area (Å²) >= 11 is 1.48. The molecule has 3 N–H and O–H groups in total. The number of aryl methyl sites for hydroxylation is 1. The molecule has 0 spiro atoms. The highest BCUT2D eigenvalue weighted by Gasteiger charge is 2.11. The van der Waals surface area contributed by atoms with Crippen LogP contribution in [0.15, 0.2) is 18.2 Å². The topological polar surface area (TPSA) is 63.3 Å². The van der Waals surface area contributed by atoms with Crippen LogP contribution < -0.4 is 5.73 Å². The lowest BCUT2D eigenvalue weighted by atomic mass is 10.1. The zero-order valence-corrected chi connectivity index (χ0v) is 8.39. The predicted octanol–water partition coefficient (Wildman–Crippen LogP) is 2.49. The van der Waals surface area contributed by atoms with Crippen molar-refractivity contribution in [2.45, 2.75) is 6.92 Å². The molecule has 1 heterocycles. The minimum absolute atomic E-state index is 0.290. The third-order valence-electron chi connectivity index (χ3n) is 1.99. The number of nitrogens with two attached hydrogens (primary N) is 1. The van der Waals surface area contributed by atoms with Crippen molar-refractivity contribution in [2.75, 3.05) is 5.73 Å². The average molecular weight is 207 g/mol. The van der Waals surface area contributed by atoms with Crippen molar-refractivity contribution in [3.8, 4) is 0 Å². The summed E-state index contributed by atoms with van der Waals surface area (Å²) in [5, 5.41) is 9.87. The van der Waals surface area contributed by atoms with Crippen LogP contribution >= 0.6 is 11.3 Å². The largest absolute Gasteiger partial charge is 0.478 e. The van der Waals surface area contributed by atoms with Crippen LogP contribution in [0.3, 0.4) is 0 Å². The van der Waals surface area contributed by atoms with Gasteiger partial charge in [-0.1, -0.05) is 0 Å². The molecule has 3 nitrogen and oxygen atoms in total. The molecule has 2 rings (SSSR count). The Hall–Kier alpha value is -1.55. The Morgan fingerprint density at radius 1 is 1.43 bits per heavy atom. The number of thiophene rings is 1. The Kier molecular flexibility index (Phi) is 1.93. The third kappa shape index (κ3) is 1.33. The number of nitrogen functional groups attached to an aromatic ring is 1. The number of fused-ring (bicyclic) bond motifs is 1. The molecule has 0 aliphatic carbocycles. The van der Waals surface area contributed by atoms with Gasteiger partial charge >= 0.3 is 5.97 Å². The summed E-state index contributed by atoms with van der Waals surface area (Å²) < 4.78 is 0.796. The van der Waals surface area contributed by atoms with E-state index in [1.807, 2.05) is 13.0 Å². The fourth-order valence-corrected chi connectivity index (χ4v) is 2.46. The lowest BCUT2D eigenvalue weighted by Crippen LogP contribution is -1.97. The van der Waals surface area contributed by atoms with Crippen molar-refractivity contribution >= 4 is 33.1 Å². The molecule has 0 aliphatic rings. The zero-order chi connectivity index (χ0) is 10.3. The quantitative estimate of drug-likeness (QED) is 0.706. The molecule has 1 aromatic heterocycles. The van der Waals surface area contributed by atoms with E-state index in [9.17, 15) is 4.79 Å². The van der Waals surface area contributed by atoms with Gasteiger partial charge in [-0.05, 0) is 30.5 Å². The Morgan fingerprint density at radius 3 is 2.79 bits per heavy atom. The maximum atomic E-state index is 10.9. The number of carbonyl (C=O) groups is 1. The first-order valence-electron chi connectivity index (χ1n) is 4.11. The molecular weight excluding hydrogens is 198 g/mol. The van der Waals surface area contributed by atoms with Crippen LogP contribution in [0, 0.1) is 6.92 Å². The van der Waals surface area contributed by atoms with Gasteiger partial charge in [0.25, 0.3) is 0 Å². The Bertz CT molecular complexity index is 516. The molecular formula is C10H9NO2S. The summed E-state index contributed by atoms with van der Waals surface area (Å²) in [5.74, 6) is -0.927. The lowest BCUT2D eigenvalue weighted by molar-refractivity contribution is 0.0699. The van der Waals surface area contributed by atoms with Crippen molar-refractivity contribution in [3.63, 3.8) is 0 Å². The normalized spacial score (nSPS) is 10.6. The lowest BCUT2D eigenvalue weighted by Gasteiger charge is -1.98. The van der Waals surface area contributed by atoms with E-state index in [1.54, 1.807) is 6.07 Å². The van der Waals surface area contributed by atoms with E-state index in [-0.39, 0.29) is 5.56 Å². The number of anilines is 1. The summed E-state index contributed by atoms with van der Waals surface area (Å²) in [6.07, 6.45) is 0. The van der Waals surface area contributed by atoms with E-state index >= 15 is 0 Å². The van der Waals surface area contributed by atoms with Gasteiger partial charge in [0.1, 0.15) is 0 Å². The third-order valence-corrected chi connectivity index (χ3v) is 3.09. The van der Waals surface area contributed by atoms with Gasteiger partial charge in [0.2, 0.25) is 0 Å². The van der Waals surface area contributed by atoms with Crippen LogP contribution in [0.2, 0.25) is 0 Å². The van der Waals surface area contributed by atoms with Gasteiger partial charge in [0.05, 0.1) is 5.56 Å². The highest BCUT2D eigenvalue weighted by molar-refractivity contribution is 7.19. The standard InChI is InChI=1S/C10H9NO2S/c1-5-2-6-3-7(11)4-8(10(12)13)9(6)14-5/h2-4H,11H2,1H3,(H,12,13). The first-order chi connectivity index (χ1) is 6.58. The average Bonchev–Trinajstić information content (AvgIpc) is 2.42. The monoisotopic (exact) mass is 207 g/mol. The molecule has 4 heteroatoms. The first kappa shape index (κ1) is 9.02. The van der Waals surface area contributed by atoms with E-state index in [1.165, 1.54) is 17.4 Å². The van der Waals surface area contributed by atoms with Gasteiger partial charge in [0.15, 0.2) is 0 Å². The molecule has 0 fully saturated rings. The van der Waals surface area contributed by atoms with Crippen molar-refractivity contribution in [1.82, 2.24) is 0 Å². The van der Waals surface area contributed by atoms with Gasteiger partial charge in [-0.3, -0.25) is 0 Å². The molecule has 14 heavy (non-hydrogen) atoms. The van der Waals surface area contributed by atoms with Gasteiger partial charge in [-0.25, -0.2) is 4.79 Å². The molecule has 0 radical (unpaired) electrons. The second-order valence-electron chi connectivity index (χ2n) is 3.15. The van der Waals surface area contributed by atoms with Gasteiger partial charge in [-0.15, -0.1) is 11.3 Å². The van der Waals surface area contributed by atoms with Gasteiger partial charge < -0.3 is 10.8 Å². The smallest absolute Gasteiger partial charge is 0.337 e. The molecule has 0 bridgehead atoms. The molecule has 0 amide bonds. The second kappa shape index (κ2) is 2.99. The van der Waals surface area contributed by atoms with E-state index in [0.29, 0.717) is 5.69 Å². The fourth-order valence-electron chi connectivity index (χ4n) is 1.46. The summed E-state index contributed by atoms with van der Waals surface area (Å²) in [6, 6.07) is 5.24. The molecule has 0 aliphatic heterocycles. The maximum Gasteiger partial charge on any atom is 0.337 e. The van der Waals surface area contributed by atoms with Crippen molar-refractivity contribution in [2.24, 2.45) is 0 Å². The molecule has 0 saturated heterocycles. The molecule has 0 atom stereocenters. The van der Waals surface area contributed by atoms with Crippen LogP contribution in [0.25, 0.3) is 10.1 Å². The number of rotatable bonds is 1. The number of aromatic carboxylic acids is 1. The van der Waals surface area contributed by atoms with Gasteiger partial charge in [-0.2, -0.15) is 0 Å². The summed E-state index contributed by atoms with van der Waals surface area (Å²) in [5.41, 5.74) is 6.40. The first-order valence-corrected chi connectivity index (χ1v) is 4.92. The zero-order valence-electron chi connectivity index (χ0n) is 7.57. The van der Waals surface area contributed by atoms with E-state index in [0.717, 1.165) is 15.0 Å². The van der Waals surface area contributed by atoms with E-state index in [2.05, 4.69) is 0 Å². The number of hydrogen-bond acceptors (Lipinski definition) is 3. The molecule has 0 unspecified atom stereocenters. The van der Waals surface area contributed by atoms with Crippen LogP contribution in [-0.2, 0) is 0 Å². The van der Waals surface area contributed by atoms with E-state index in [4.69, 9.17) is 10.8 Å². The van der Waals surface area contributed by atoms with Crippen LogP contribution in [0.1, 0.15) is 15.2 Å². The molecule has 72 valence electrons. The number of benzene rings is 1. The van der Waals surface area contributed by atoms with Crippen molar-refractivity contribution < 1.29 is 9.90 Å². The summed E-state index contributed by atoms with van der Waals surface area (Å²) in [7, 11) is 0. The number of carboxylic acids is 1. The Morgan fingerprint density at radius 2 is 2.14 bits per heavy atom. The minimum Gasteiger partial charge on any atom is -0.478 e. The highest BCUT2D eigenvalue weighted by atomic mass is 32.1. The van der Waals surface area contributed by atoms with E-state index < -0.39 is 5.97 Å². The highest BCUT2D eigenvalue weighted by Crippen LogP contribution is 2.30. The Labute approximate surface area is 84.8 Å². The van der Waals surface area contributed by atoms with Crippen molar-refractivity contribution in [3.05, 3.63) is 28.6 Å². The number of hydrogen-bond donors (Lipinski definition) is 2. The molecule has 0 saturated carbocycles. The van der Waals surface area contributed by atoms with Crippen LogP contribution in [-0.4, -0.2) is 11.1 Å². The van der Waals surface area contributed by atoms with Crippen LogP contribution in [0.5, 0.6) is 0 Å². The molecule has 1 aromatic carbocycles. The maximum absolute atomic E-state index is 10.9. The predicted molar refractivity (Wildman–Crippen MR) is 57.9 cm³/mol. The van der Waals surface area contributed by atoms with Gasteiger partial charge in [0, 0.05) is 15.3 Å². The van der Waals surface area contributed by atoms with Crippen molar-refractivity contribution in [1.29, 1.82) is 0 Å². The molecule has 2 aromatic rings. The number of carboxylic acid groups (broad SMARTS) is 1. The van der Waals surface area contributed by atoms with Crippen LogP contribution in [0.4, 0.5) is 5.69 Å². The Balaban J connectivity index is 2.85. The fraction of sp³-hybridized carbons (Fsp3) is 0.100. The minimum atomic E-state index is -0.927. The SMILES string of the molecule is Cc1cc2cc(N)cc(C(=O)O)c2s1. The summed E-state index contributed by atoms with van der Waals surface area (Å²) in [4.78, 5) is 12.0.